The van der Waals surface area contributed by atoms with Crippen molar-refractivity contribution in [1.82, 2.24) is 0 Å². The van der Waals surface area contributed by atoms with Gasteiger partial charge in [-0.25, -0.2) is 4.79 Å². The number of benzene rings is 4. The van der Waals surface area contributed by atoms with E-state index in [0.717, 1.165) is 18.4 Å². The lowest BCUT2D eigenvalue weighted by atomic mass is 9.72. The van der Waals surface area contributed by atoms with Gasteiger partial charge in [0.25, 0.3) is 0 Å². The molecule has 228 valence electrons. The third-order valence-electron chi connectivity index (χ3n) is 8.38. The molecular formula is C38H35NO6. The van der Waals surface area contributed by atoms with Crippen LogP contribution in [0.4, 0.5) is 0 Å². The summed E-state index contributed by atoms with van der Waals surface area (Å²) in [4.78, 5) is 44.7. The summed E-state index contributed by atoms with van der Waals surface area (Å²) in [5.74, 6) is -1.39. The van der Waals surface area contributed by atoms with E-state index < -0.39 is 23.2 Å². The molecule has 7 heteroatoms. The number of ether oxygens (including phenoxy) is 2. The third kappa shape index (κ3) is 6.48. The van der Waals surface area contributed by atoms with Crippen molar-refractivity contribution >= 4 is 23.8 Å². The molecular weight excluding hydrogens is 566 g/mol. The summed E-state index contributed by atoms with van der Waals surface area (Å²) in [5, 5.41) is 9.61. The van der Waals surface area contributed by atoms with Gasteiger partial charge in [0.1, 0.15) is 11.5 Å². The molecule has 7 nitrogen and oxygen atoms in total. The molecule has 2 atom stereocenters. The standard InChI is InChI=1S/C38H35NO6/c1-25-32(44-2)23-29(24-33(25)45-3)36(41)34(38(21-10-22-39-38)20-9-13-26-11-5-4-6-12-26)27-16-18-28(19-17-27)35(40)30-14-7-8-15-31(30)37(42)43/h4-8,10-12,14-19,21-24,34H,9,13,20H2,1-3H3,(H,42,43). The van der Waals surface area contributed by atoms with Crippen LogP contribution in [-0.4, -0.2) is 48.6 Å². The maximum Gasteiger partial charge on any atom is 0.336 e. The number of nitrogens with zero attached hydrogens (tertiary/aromatic N) is 1. The Hall–Kier alpha value is -5.30. The first-order valence-corrected chi connectivity index (χ1v) is 14.8. The Balaban J connectivity index is 1.56. The molecule has 5 rings (SSSR count). The fourth-order valence-electron chi connectivity index (χ4n) is 6.03. The van der Waals surface area contributed by atoms with Crippen LogP contribution >= 0.6 is 0 Å². The molecule has 0 spiro atoms. The molecule has 0 saturated carbocycles. The lowest BCUT2D eigenvalue weighted by Gasteiger charge is -2.34. The van der Waals surface area contributed by atoms with Crippen LogP contribution in [0.2, 0.25) is 0 Å². The Morgan fingerprint density at radius 3 is 2.02 bits per heavy atom. The number of allylic oxidation sites excluding steroid dienone is 1. The van der Waals surface area contributed by atoms with E-state index in [1.807, 2.05) is 37.3 Å². The second-order valence-electron chi connectivity index (χ2n) is 11.1. The fourth-order valence-corrected chi connectivity index (χ4v) is 6.03. The Kier molecular flexibility index (Phi) is 9.38. The summed E-state index contributed by atoms with van der Waals surface area (Å²) >= 11 is 0. The van der Waals surface area contributed by atoms with Gasteiger partial charge in [-0.05, 0) is 61.6 Å². The van der Waals surface area contributed by atoms with Crippen molar-refractivity contribution < 1.29 is 29.0 Å². The van der Waals surface area contributed by atoms with Gasteiger partial charge in [-0.15, -0.1) is 0 Å². The van der Waals surface area contributed by atoms with Gasteiger partial charge >= 0.3 is 5.97 Å². The minimum absolute atomic E-state index is 0.0651. The topological polar surface area (TPSA) is 102 Å². The van der Waals surface area contributed by atoms with E-state index in [-0.39, 0.29) is 16.9 Å². The van der Waals surface area contributed by atoms with Crippen LogP contribution in [0.15, 0.2) is 108 Å². The van der Waals surface area contributed by atoms with Gasteiger partial charge in [-0.3, -0.25) is 14.6 Å². The number of hydrogen-bond donors (Lipinski definition) is 1. The van der Waals surface area contributed by atoms with Crippen LogP contribution < -0.4 is 9.47 Å². The Bertz CT molecular complexity index is 1730. The number of ketones is 2. The molecule has 1 aliphatic heterocycles. The Morgan fingerprint density at radius 1 is 0.822 bits per heavy atom. The molecule has 45 heavy (non-hydrogen) atoms. The quantitative estimate of drug-likeness (QED) is 0.161. The normalized spacial score (nSPS) is 15.9. The van der Waals surface area contributed by atoms with Gasteiger partial charge in [-0.1, -0.05) is 78.9 Å². The maximum atomic E-state index is 14.6. The van der Waals surface area contributed by atoms with Crippen molar-refractivity contribution in [2.45, 2.75) is 37.6 Å². The molecule has 4 aromatic rings. The molecule has 0 aliphatic carbocycles. The number of carboxylic acids is 1. The molecule has 0 amide bonds. The number of aryl methyl sites for hydroxylation is 1. The molecule has 0 bridgehead atoms. The number of hydrogen-bond acceptors (Lipinski definition) is 6. The predicted molar refractivity (Wildman–Crippen MR) is 174 cm³/mol. The Morgan fingerprint density at radius 2 is 1.44 bits per heavy atom. The van der Waals surface area contributed by atoms with Gasteiger partial charge in [0.15, 0.2) is 11.6 Å². The second-order valence-corrected chi connectivity index (χ2v) is 11.1. The maximum absolute atomic E-state index is 14.6. The van der Waals surface area contributed by atoms with E-state index >= 15 is 0 Å². The van der Waals surface area contributed by atoms with E-state index in [1.165, 1.54) is 17.7 Å². The molecule has 1 heterocycles. The van der Waals surface area contributed by atoms with Crippen molar-refractivity contribution in [2.24, 2.45) is 4.99 Å². The number of carbonyl (C=O) groups excluding carboxylic acids is 2. The van der Waals surface area contributed by atoms with Crippen molar-refractivity contribution in [2.75, 3.05) is 14.2 Å². The summed E-state index contributed by atoms with van der Waals surface area (Å²) in [6.45, 7) is 1.87. The number of methoxy groups -OCH3 is 2. The highest BCUT2D eigenvalue weighted by Crippen LogP contribution is 2.43. The van der Waals surface area contributed by atoms with Crippen LogP contribution in [-0.2, 0) is 6.42 Å². The fraction of sp³-hybridized carbons (Fsp3) is 0.211. The molecule has 1 aliphatic rings. The summed E-state index contributed by atoms with van der Waals surface area (Å²) in [6, 6.07) is 26.6. The van der Waals surface area contributed by atoms with E-state index in [4.69, 9.17) is 14.5 Å². The summed E-state index contributed by atoms with van der Waals surface area (Å²) in [7, 11) is 3.11. The minimum Gasteiger partial charge on any atom is -0.496 e. The number of rotatable bonds is 13. The van der Waals surface area contributed by atoms with Crippen molar-refractivity contribution in [3.63, 3.8) is 0 Å². The average Bonchev–Trinajstić information content (AvgIpc) is 3.54. The molecule has 2 unspecified atom stereocenters. The van der Waals surface area contributed by atoms with Crippen LogP contribution in [0.3, 0.4) is 0 Å². The Labute approximate surface area is 262 Å². The van der Waals surface area contributed by atoms with Gasteiger partial charge in [0.05, 0.1) is 31.2 Å². The number of carboxylic acid groups (broad SMARTS) is 1. The zero-order valence-corrected chi connectivity index (χ0v) is 25.5. The van der Waals surface area contributed by atoms with E-state index in [9.17, 15) is 19.5 Å². The van der Waals surface area contributed by atoms with Gasteiger partial charge in [0, 0.05) is 28.5 Å². The van der Waals surface area contributed by atoms with E-state index in [2.05, 4.69) is 12.1 Å². The predicted octanol–water partition coefficient (Wildman–Crippen LogP) is 7.31. The first-order chi connectivity index (χ1) is 21.8. The average molecular weight is 602 g/mol. The van der Waals surface area contributed by atoms with Crippen LogP contribution in [0.25, 0.3) is 0 Å². The second kappa shape index (κ2) is 13.6. The summed E-state index contributed by atoms with van der Waals surface area (Å²) < 4.78 is 11.2. The van der Waals surface area contributed by atoms with Crippen LogP contribution in [0.1, 0.15) is 72.1 Å². The minimum atomic E-state index is -1.17. The largest absolute Gasteiger partial charge is 0.496 e. The highest BCUT2D eigenvalue weighted by molar-refractivity contribution is 6.14. The summed E-state index contributed by atoms with van der Waals surface area (Å²) in [6.07, 6.45) is 7.83. The highest BCUT2D eigenvalue weighted by Gasteiger charge is 2.43. The highest BCUT2D eigenvalue weighted by atomic mass is 16.5. The van der Waals surface area contributed by atoms with Crippen molar-refractivity contribution in [1.29, 1.82) is 0 Å². The first-order valence-electron chi connectivity index (χ1n) is 14.8. The zero-order valence-electron chi connectivity index (χ0n) is 25.5. The zero-order chi connectivity index (χ0) is 32.0. The number of aromatic carboxylic acids is 1. The SMILES string of the molecule is COc1cc(C(=O)C(c2ccc(C(=O)c3ccccc3C(=O)O)cc2)C2(CCCc3ccccc3)C=CC=N2)cc(OC)c1C. The number of carbonyl (C=O) groups is 3. The van der Waals surface area contributed by atoms with Crippen LogP contribution in [0.5, 0.6) is 11.5 Å². The van der Waals surface area contributed by atoms with Crippen LogP contribution in [0, 0.1) is 6.92 Å². The van der Waals surface area contributed by atoms with Gasteiger partial charge in [-0.2, -0.15) is 0 Å². The molecule has 1 N–H and O–H groups in total. The van der Waals surface area contributed by atoms with Crippen molar-refractivity contribution in [3.05, 3.63) is 142 Å². The van der Waals surface area contributed by atoms with E-state index in [0.29, 0.717) is 34.6 Å². The third-order valence-corrected chi connectivity index (χ3v) is 8.38. The monoisotopic (exact) mass is 601 g/mol. The number of aliphatic imine (C=N–C) groups is 1. The van der Waals surface area contributed by atoms with Gasteiger partial charge in [0.2, 0.25) is 0 Å². The molecule has 4 aromatic carbocycles. The molecule has 0 radical (unpaired) electrons. The van der Waals surface area contributed by atoms with Gasteiger partial charge < -0.3 is 14.6 Å². The van der Waals surface area contributed by atoms with E-state index in [1.54, 1.807) is 69.0 Å². The molecule has 0 saturated heterocycles. The first kappa shape index (κ1) is 31.1. The smallest absolute Gasteiger partial charge is 0.336 e. The lowest BCUT2D eigenvalue weighted by Crippen LogP contribution is -2.37. The molecule has 0 fully saturated rings. The molecule has 0 aromatic heterocycles. The summed E-state index contributed by atoms with van der Waals surface area (Å²) in [5.41, 5.74) is 2.60. The lowest BCUT2D eigenvalue weighted by molar-refractivity contribution is 0.0692. The van der Waals surface area contributed by atoms with Crippen molar-refractivity contribution in [3.8, 4) is 11.5 Å². The number of Topliss-reactive ketones (excluding diaryl/α,β-unsaturated/α-hetero) is 1.